The van der Waals surface area contributed by atoms with Crippen LogP contribution in [0.4, 0.5) is 8.78 Å². The molecule has 2 rings (SSSR count). The summed E-state index contributed by atoms with van der Waals surface area (Å²) in [4.78, 5) is 0. The Kier molecular flexibility index (Phi) is 3.39. The minimum atomic E-state index is -0.900. The molecule has 0 amide bonds. The summed E-state index contributed by atoms with van der Waals surface area (Å²) in [6.07, 6.45) is 2.68. The second kappa shape index (κ2) is 4.78. The van der Waals surface area contributed by atoms with Crippen LogP contribution in [0.15, 0.2) is 12.1 Å². The summed E-state index contributed by atoms with van der Waals surface area (Å²) in [5, 5.41) is 12.4. The number of rotatable bonds is 2. The molecule has 0 aromatic heterocycles. The van der Waals surface area contributed by atoms with Crippen molar-refractivity contribution in [2.24, 2.45) is 5.92 Å². The minimum Gasteiger partial charge on any atom is -0.503 e. The number of benzene rings is 1. The van der Waals surface area contributed by atoms with Gasteiger partial charge in [-0.2, -0.15) is 0 Å². The van der Waals surface area contributed by atoms with Crippen LogP contribution in [-0.4, -0.2) is 18.2 Å². The number of aromatic hydroxyl groups is 1. The zero-order valence-electron chi connectivity index (χ0n) is 8.97. The first-order chi connectivity index (χ1) is 7.68. The Balaban J connectivity index is 2.11. The highest BCUT2D eigenvalue weighted by molar-refractivity contribution is 5.31. The molecule has 1 aromatic carbocycles. The maximum absolute atomic E-state index is 13.5. The van der Waals surface area contributed by atoms with Crippen molar-refractivity contribution < 1.29 is 13.9 Å². The van der Waals surface area contributed by atoms with Gasteiger partial charge in [-0.1, -0.05) is 6.07 Å². The van der Waals surface area contributed by atoms with Crippen LogP contribution in [0.5, 0.6) is 5.75 Å². The predicted molar refractivity (Wildman–Crippen MR) is 57.3 cm³/mol. The lowest BCUT2D eigenvalue weighted by atomic mass is 9.92. The quantitative estimate of drug-likeness (QED) is 0.812. The van der Waals surface area contributed by atoms with Crippen LogP contribution in [0.3, 0.4) is 0 Å². The molecule has 1 fully saturated rings. The van der Waals surface area contributed by atoms with Gasteiger partial charge in [0.1, 0.15) is 0 Å². The number of hydrogen-bond acceptors (Lipinski definition) is 2. The Morgan fingerprint density at radius 1 is 1.38 bits per heavy atom. The van der Waals surface area contributed by atoms with Gasteiger partial charge in [0.25, 0.3) is 0 Å². The van der Waals surface area contributed by atoms with Gasteiger partial charge < -0.3 is 10.4 Å². The fourth-order valence-corrected chi connectivity index (χ4v) is 2.15. The summed E-state index contributed by atoms with van der Waals surface area (Å²) in [5.74, 6) is -2.21. The topological polar surface area (TPSA) is 32.3 Å². The van der Waals surface area contributed by atoms with E-state index in [4.69, 9.17) is 5.11 Å². The maximum atomic E-state index is 13.5. The van der Waals surface area contributed by atoms with E-state index in [2.05, 4.69) is 5.32 Å². The average molecular weight is 227 g/mol. The molecule has 0 bridgehead atoms. The van der Waals surface area contributed by atoms with E-state index in [9.17, 15) is 8.78 Å². The summed E-state index contributed by atoms with van der Waals surface area (Å²) < 4.78 is 26.3. The van der Waals surface area contributed by atoms with Crippen molar-refractivity contribution in [1.82, 2.24) is 5.32 Å². The van der Waals surface area contributed by atoms with Crippen LogP contribution in [0.1, 0.15) is 18.4 Å². The van der Waals surface area contributed by atoms with Crippen LogP contribution < -0.4 is 5.32 Å². The molecule has 16 heavy (non-hydrogen) atoms. The van der Waals surface area contributed by atoms with E-state index in [0.717, 1.165) is 32.0 Å². The Morgan fingerprint density at radius 3 is 2.88 bits per heavy atom. The van der Waals surface area contributed by atoms with Crippen molar-refractivity contribution in [3.63, 3.8) is 0 Å². The Bertz CT molecular complexity index is 376. The van der Waals surface area contributed by atoms with E-state index in [1.165, 1.54) is 6.07 Å². The fourth-order valence-electron chi connectivity index (χ4n) is 2.15. The first-order valence-electron chi connectivity index (χ1n) is 5.55. The lowest BCUT2D eigenvalue weighted by Gasteiger charge is -2.22. The van der Waals surface area contributed by atoms with Gasteiger partial charge in [-0.15, -0.1) is 0 Å². The summed E-state index contributed by atoms with van der Waals surface area (Å²) in [5.41, 5.74) is 0.396. The predicted octanol–water partition coefficient (Wildman–Crippen LogP) is 2.21. The molecule has 0 spiro atoms. The molecule has 2 N–H and O–H groups in total. The average Bonchev–Trinajstić information content (AvgIpc) is 2.31. The van der Waals surface area contributed by atoms with Gasteiger partial charge in [0.05, 0.1) is 0 Å². The largest absolute Gasteiger partial charge is 0.503 e. The molecule has 88 valence electrons. The highest BCUT2D eigenvalue weighted by Gasteiger charge is 2.18. The van der Waals surface area contributed by atoms with Gasteiger partial charge in [-0.25, -0.2) is 8.78 Å². The van der Waals surface area contributed by atoms with E-state index >= 15 is 0 Å². The van der Waals surface area contributed by atoms with Gasteiger partial charge in [0, 0.05) is 0 Å². The Hall–Kier alpha value is -1.16. The lowest BCUT2D eigenvalue weighted by Crippen LogP contribution is -2.31. The SMILES string of the molecule is Oc1c(F)ccc(CC2CCCNC2)c1F. The zero-order valence-corrected chi connectivity index (χ0v) is 8.97. The van der Waals surface area contributed by atoms with Crippen LogP contribution in [0.25, 0.3) is 0 Å². The lowest BCUT2D eigenvalue weighted by molar-refractivity contribution is 0.362. The molecular formula is C12H15F2NO. The first kappa shape index (κ1) is 11.3. The second-order valence-corrected chi connectivity index (χ2v) is 4.29. The highest BCUT2D eigenvalue weighted by Crippen LogP contribution is 2.26. The number of hydrogen-bond donors (Lipinski definition) is 2. The molecule has 1 saturated heterocycles. The fraction of sp³-hybridized carbons (Fsp3) is 0.500. The van der Waals surface area contributed by atoms with Gasteiger partial charge in [-0.3, -0.25) is 0 Å². The van der Waals surface area contributed by atoms with Crippen molar-refractivity contribution in [1.29, 1.82) is 0 Å². The molecule has 2 nitrogen and oxygen atoms in total. The van der Waals surface area contributed by atoms with Crippen LogP contribution >= 0.6 is 0 Å². The number of phenolic OH excluding ortho intramolecular Hbond substituents is 1. The summed E-state index contributed by atoms with van der Waals surface area (Å²) in [6, 6.07) is 2.53. The second-order valence-electron chi connectivity index (χ2n) is 4.29. The summed E-state index contributed by atoms with van der Waals surface area (Å²) in [6.45, 7) is 1.87. The molecule has 4 heteroatoms. The van der Waals surface area contributed by atoms with Crippen molar-refractivity contribution >= 4 is 0 Å². The van der Waals surface area contributed by atoms with Crippen molar-refractivity contribution in [2.45, 2.75) is 19.3 Å². The minimum absolute atomic E-state index is 0.369. The normalized spacial score (nSPS) is 21.0. The van der Waals surface area contributed by atoms with E-state index in [1.54, 1.807) is 0 Å². The molecule has 1 atom stereocenters. The Morgan fingerprint density at radius 2 is 2.19 bits per heavy atom. The van der Waals surface area contributed by atoms with Crippen LogP contribution in [0, 0.1) is 17.6 Å². The monoisotopic (exact) mass is 227 g/mol. The molecular weight excluding hydrogens is 212 g/mol. The number of halogens is 2. The standard InChI is InChI=1S/C12H15F2NO/c13-10-4-3-9(11(14)12(10)16)6-8-2-1-5-15-7-8/h3-4,8,15-16H,1-2,5-7H2. The van der Waals surface area contributed by atoms with Gasteiger partial charge in [-0.05, 0) is 49.9 Å². The third-order valence-corrected chi connectivity index (χ3v) is 3.05. The third-order valence-electron chi connectivity index (χ3n) is 3.05. The first-order valence-corrected chi connectivity index (χ1v) is 5.55. The van der Waals surface area contributed by atoms with Crippen molar-refractivity contribution in [3.8, 4) is 5.75 Å². The third kappa shape index (κ3) is 2.32. The molecule has 0 saturated carbocycles. The van der Waals surface area contributed by atoms with E-state index in [1.807, 2.05) is 0 Å². The number of phenols is 1. The van der Waals surface area contributed by atoms with Gasteiger partial charge >= 0.3 is 0 Å². The van der Waals surface area contributed by atoms with E-state index in [0.29, 0.717) is 17.9 Å². The van der Waals surface area contributed by atoms with Crippen molar-refractivity contribution in [2.75, 3.05) is 13.1 Å². The number of piperidine rings is 1. The molecule has 1 aliphatic rings. The maximum Gasteiger partial charge on any atom is 0.188 e. The summed E-state index contributed by atoms with van der Waals surface area (Å²) in [7, 11) is 0. The Labute approximate surface area is 93.3 Å². The van der Waals surface area contributed by atoms with Gasteiger partial charge in [0.15, 0.2) is 17.4 Å². The van der Waals surface area contributed by atoms with Crippen LogP contribution in [-0.2, 0) is 6.42 Å². The molecule has 1 unspecified atom stereocenters. The van der Waals surface area contributed by atoms with Crippen LogP contribution in [0.2, 0.25) is 0 Å². The van der Waals surface area contributed by atoms with Crippen molar-refractivity contribution in [3.05, 3.63) is 29.3 Å². The molecule has 0 aliphatic carbocycles. The molecule has 1 aromatic rings. The van der Waals surface area contributed by atoms with E-state index in [-0.39, 0.29) is 0 Å². The van der Waals surface area contributed by atoms with E-state index < -0.39 is 17.4 Å². The molecule has 1 heterocycles. The molecule has 1 aliphatic heterocycles. The zero-order chi connectivity index (χ0) is 11.5. The summed E-state index contributed by atoms with van der Waals surface area (Å²) >= 11 is 0. The molecule has 0 radical (unpaired) electrons. The smallest absolute Gasteiger partial charge is 0.188 e. The van der Waals surface area contributed by atoms with Gasteiger partial charge in [0.2, 0.25) is 0 Å². The highest BCUT2D eigenvalue weighted by atomic mass is 19.1. The number of nitrogens with one attached hydrogen (secondary N) is 1.